The molecule has 2 rings (SSSR count). The second kappa shape index (κ2) is 4.61. The monoisotopic (exact) mass is 233 g/mol. The maximum Gasteiger partial charge on any atom is 0.123 e. The van der Waals surface area contributed by atoms with Crippen LogP contribution in [-0.2, 0) is 0 Å². The van der Waals surface area contributed by atoms with Crippen LogP contribution in [0.3, 0.4) is 0 Å². The average Bonchev–Trinajstić information content (AvgIpc) is 2.38. The minimum Gasteiger partial charge on any atom is -0.507 e. The van der Waals surface area contributed by atoms with Crippen molar-refractivity contribution in [2.75, 3.05) is 13.7 Å². The quantitative estimate of drug-likeness (QED) is 0.751. The van der Waals surface area contributed by atoms with Crippen molar-refractivity contribution in [1.82, 2.24) is 0 Å². The molecule has 17 heavy (non-hydrogen) atoms. The minimum absolute atomic E-state index is 0.142. The van der Waals surface area contributed by atoms with Gasteiger partial charge in [0, 0.05) is 5.39 Å². The standard InChI is InChI=1S/C13H15NO3/c1-17-8-2-3-10-11(6-8)9(12(14)7-15)4-5-13(10)16/h2-6,12,15-16H,7,14H2,1H3/t12-/m1/s1. The number of phenols is 1. The number of hydrogen-bond acceptors (Lipinski definition) is 4. The molecule has 4 heteroatoms. The summed E-state index contributed by atoms with van der Waals surface area (Å²) in [5.74, 6) is 0.881. The highest BCUT2D eigenvalue weighted by atomic mass is 16.5. The zero-order chi connectivity index (χ0) is 12.4. The molecule has 0 fully saturated rings. The molecule has 90 valence electrons. The van der Waals surface area contributed by atoms with E-state index >= 15 is 0 Å². The Morgan fingerprint density at radius 3 is 2.65 bits per heavy atom. The van der Waals surface area contributed by atoms with Crippen molar-refractivity contribution in [1.29, 1.82) is 0 Å². The zero-order valence-corrected chi connectivity index (χ0v) is 9.55. The van der Waals surface area contributed by atoms with Crippen LogP contribution in [-0.4, -0.2) is 23.9 Å². The Bertz CT molecular complexity index is 539. The number of rotatable bonds is 3. The normalized spacial score (nSPS) is 12.6. The van der Waals surface area contributed by atoms with Gasteiger partial charge in [0.05, 0.1) is 19.8 Å². The number of hydrogen-bond donors (Lipinski definition) is 3. The number of aliphatic hydroxyl groups excluding tert-OH is 1. The van der Waals surface area contributed by atoms with E-state index in [1.54, 1.807) is 37.4 Å². The van der Waals surface area contributed by atoms with Crippen LogP contribution < -0.4 is 10.5 Å². The molecule has 2 aromatic rings. The second-order valence-electron chi connectivity index (χ2n) is 3.87. The summed E-state index contributed by atoms with van der Waals surface area (Å²) in [4.78, 5) is 0. The first kappa shape index (κ1) is 11.7. The number of aliphatic hydroxyl groups is 1. The van der Waals surface area contributed by atoms with Crippen molar-refractivity contribution in [2.45, 2.75) is 6.04 Å². The second-order valence-corrected chi connectivity index (χ2v) is 3.87. The molecule has 0 spiro atoms. The topological polar surface area (TPSA) is 75.7 Å². The third-order valence-corrected chi connectivity index (χ3v) is 2.83. The minimum atomic E-state index is -0.467. The number of benzene rings is 2. The number of nitrogens with two attached hydrogens (primary N) is 1. The molecule has 0 unspecified atom stereocenters. The number of fused-ring (bicyclic) bond motifs is 1. The van der Waals surface area contributed by atoms with Gasteiger partial charge in [-0.2, -0.15) is 0 Å². The molecule has 1 atom stereocenters. The van der Waals surface area contributed by atoms with Gasteiger partial charge in [-0.25, -0.2) is 0 Å². The Kier molecular flexibility index (Phi) is 3.17. The Morgan fingerprint density at radius 2 is 2.00 bits per heavy atom. The van der Waals surface area contributed by atoms with Crippen molar-refractivity contribution < 1.29 is 14.9 Å². The van der Waals surface area contributed by atoms with Crippen LogP contribution in [0.25, 0.3) is 10.8 Å². The van der Waals surface area contributed by atoms with E-state index in [1.165, 1.54) is 0 Å². The van der Waals surface area contributed by atoms with E-state index < -0.39 is 6.04 Å². The Morgan fingerprint density at radius 1 is 1.24 bits per heavy atom. The summed E-state index contributed by atoms with van der Waals surface area (Å²) in [5, 5.41) is 20.4. The molecular weight excluding hydrogens is 218 g/mol. The number of phenolic OH excluding ortho intramolecular Hbond substituents is 1. The lowest BCUT2D eigenvalue weighted by atomic mass is 9.98. The molecule has 0 aliphatic heterocycles. The first-order chi connectivity index (χ1) is 8.17. The predicted octanol–water partition coefficient (Wildman–Crippen LogP) is 1.55. The van der Waals surface area contributed by atoms with Gasteiger partial charge < -0.3 is 20.7 Å². The van der Waals surface area contributed by atoms with E-state index in [9.17, 15) is 5.11 Å². The molecule has 0 saturated heterocycles. The summed E-state index contributed by atoms with van der Waals surface area (Å²) in [6, 6.07) is 8.19. The van der Waals surface area contributed by atoms with Crippen LogP contribution in [0.4, 0.5) is 0 Å². The van der Waals surface area contributed by atoms with E-state index in [0.717, 1.165) is 10.9 Å². The predicted molar refractivity (Wildman–Crippen MR) is 66.2 cm³/mol. The van der Waals surface area contributed by atoms with Gasteiger partial charge in [0.2, 0.25) is 0 Å². The van der Waals surface area contributed by atoms with Crippen molar-refractivity contribution in [3.8, 4) is 11.5 Å². The SMILES string of the molecule is COc1ccc2c(O)ccc([C@H](N)CO)c2c1. The fourth-order valence-electron chi connectivity index (χ4n) is 1.88. The van der Waals surface area contributed by atoms with E-state index in [2.05, 4.69) is 0 Å². The van der Waals surface area contributed by atoms with Crippen molar-refractivity contribution in [3.05, 3.63) is 35.9 Å². The summed E-state index contributed by atoms with van der Waals surface area (Å²) in [5.41, 5.74) is 6.62. The Labute approximate surface area is 99.2 Å². The zero-order valence-electron chi connectivity index (χ0n) is 9.55. The van der Waals surface area contributed by atoms with Crippen molar-refractivity contribution in [3.63, 3.8) is 0 Å². The summed E-state index contributed by atoms with van der Waals surface area (Å²) >= 11 is 0. The molecule has 0 radical (unpaired) electrons. The highest BCUT2D eigenvalue weighted by molar-refractivity contribution is 5.92. The van der Waals surface area contributed by atoms with E-state index in [4.69, 9.17) is 15.6 Å². The van der Waals surface area contributed by atoms with E-state index in [-0.39, 0.29) is 12.4 Å². The first-order valence-corrected chi connectivity index (χ1v) is 5.33. The van der Waals surface area contributed by atoms with Gasteiger partial charge in [0.25, 0.3) is 0 Å². The van der Waals surface area contributed by atoms with Gasteiger partial charge in [0.1, 0.15) is 11.5 Å². The van der Waals surface area contributed by atoms with Crippen molar-refractivity contribution >= 4 is 10.8 Å². The highest BCUT2D eigenvalue weighted by Crippen LogP contribution is 2.32. The fourth-order valence-corrected chi connectivity index (χ4v) is 1.88. The first-order valence-electron chi connectivity index (χ1n) is 5.33. The summed E-state index contributed by atoms with van der Waals surface area (Å²) < 4.78 is 5.15. The van der Waals surface area contributed by atoms with Crippen LogP contribution in [0, 0.1) is 0 Å². The van der Waals surface area contributed by atoms with Gasteiger partial charge in [-0.15, -0.1) is 0 Å². The van der Waals surface area contributed by atoms with Crippen molar-refractivity contribution in [2.24, 2.45) is 5.73 Å². The lowest BCUT2D eigenvalue weighted by Gasteiger charge is -2.14. The van der Waals surface area contributed by atoms with Crippen LogP contribution in [0.5, 0.6) is 11.5 Å². The Hall–Kier alpha value is -1.78. The molecule has 0 aromatic heterocycles. The molecule has 0 aliphatic carbocycles. The fraction of sp³-hybridized carbons (Fsp3) is 0.231. The van der Waals surface area contributed by atoms with Gasteiger partial charge in [0.15, 0.2) is 0 Å². The molecule has 4 N–H and O–H groups in total. The van der Waals surface area contributed by atoms with Gasteiger partial charge in [-0.1, -0.05) is 6.07 Å². The van der Waals surface area contributed by atoms with E-state index in [1.807, 2.05) is 0 Å². The van der Waals surface area contributed by atoms with Crippen LogP contribution in [0.1, 0.15) is 11.6 Å². The number of methoxy groups -OCH3 is 1. The molecule has 0 bridgehead atoms. The lowest BCUT2D eigenvalue weighted by molar-refractivity contribution is 0.268. The lowest BCUT2D eigenvalue weighted by Crippen LogP contribution is -2.14. The Balaban J connectivity index is 2.71. The van der Waals surface area contributed by atoms with Crippen LogP contribution in [0.15, 0.2) is 30.3 Å². The van der Waals surface area contributed by atoms with Gasteiger partial charge in [-0.3, -0.25) is 0 Å². The van der Waals surface area contributed by atoms with Gasteiger partial charge in [-0.05, 0) is 35.2 Å². The third kappa shape index (κ3) is 2.05. The van der Waals surface area contributed by atoms with E-state index in [0.29, 0.717) is 11.1 Å². The maximum atomic E-state index is 9.77. The summed E-state index contributed by atoms with van der Waals surface area (Å²) in [6.07, 6.45) is 0. The molecule has 0 amide bonds. The highest BCUT2D eigenvalue weighted by Gasteiger charge is 2.11. The smallest absolute Gasteiger partial charge is 0.123 e. The van der Waals surface area contributed by atoms with Crippen LogP contribution >= 0.6 is 0 Å². The number of ether oxygens (including phenoxy) is 1. The summed E-state index contributed by atoms with van der Waals surface area (Å²) in [6.45, 7) is -0.142. The maximum absolute atomic E-state index is 9.77. The molecular formula is C13H15NO3. The molecule has 2 aromatic carbocycles. The molecule has 0 aliphatic rings. The number of aromatic hydroxyl groups is 1. The average molecular weight is 233 g/mol. The van der Waals surface area contributed by atoms with Gasteiger partial charge >= 0.3 is 0 Å². The summed E-state index contributed by atoms with van der Waals surface area (Å²) in [7, 11) is 1.58. The molecule has 0 heterocycles. The molecule has 0 saturated carbocycles. The third-order valence-electron chi connectivity index (χ3n) is 2.83. The molecule has 4 nitrogen and oxygen atoms in total. The largest absolute Gasteiger partial charge is 0.507 e. The van der Waals surface area contributed by atoms with Crippen LogP contribution in [0.2, 0.25) is 0 Å².